The number of aryl methyl sites for hydroxylation is 1. The Hall–Kier alpha value is -2.35. The number of halogens is 1. The number of hydrogen-bond acceptors (Lipinski definition) is 4. The zero-order valence-corrected chi connectivity index (χ0v) is 13.1. The lowest BCUT2D eigenvalue weighted by Gasteiger charge is -2.10. The Labute approximate surface area is 132 Å². The van der Waals surface area contributed by atoms with Gasteiger partial charge in [-0.1, -0.05) is 28.1 Å². The van der Waals surface area contributed by atoms with E-state index in [-0.39, 0.29) is 6.10 Å². The molecule has 0 amide bonds. The molecule has 0 radical (unpaired) electrons. The largest absolute Gasteiger partial charge is 0.454 e. The number of fused-ring (bicyclic) bond motifs is 3. The highest BCUT2D eigenvalue weighted by Crippen LogP contribution is 2.33. The molecule has 22 heavy (non-hydrogen) atoms. The SMILES string of the molecule is Cn1c(=O)[nH]c(=O)c2c1nc1n2CC(c2ccc(Br)cc2)O1. The summed E-state index contributed by atoms with van der Waals surface area (Å²) < 4.78 is 9.84. The monoisotopic (exact) mass is 362 g/mol. The van der Waals surface area contributed by atoms with E-state index < -0.39 is 11.2 Å². The highest BCUT2D eigenvalue weighted by molar-refractivity contribution is 9.10. The molecule has 4 rings (SSSR count). The van der Waals surface area contributed by atoms with E-state index in [1.807, 2.05) is 24.3 Å². The molecule has 0 spiro atoms. The number of benzene rings is 1. The van der Waals surface area contributed by atoms with Gasteiger partial charge in [-0.05, 0) is 17.7 Å². The summed E-state index contributed by atoms with van der Waals surface area (Å²) >= 11 is 3.40. The van der Waals surface area contributed by atoms with E-state index in [0.29, 0.717) is 23.7 Å². The van der Waals surface area contributed by atoms with Crippen molar-refractivity contribution in [2.24, 2.45) is 7.05 Å². The zero-order chi connectivity index (χ0) is 15.4. The van der Waals surface area contributed by atoms with Crippen LogP contribution in [0.2, 0.25) is 0 Å². The van der Waals surface area contributed by atoms with E-state index in [4.69, 9.17) is 4.74 Å². The topological polar surface area (TPSA) is 81.9 Å². The standard InChI is InChI=1S/C14H11BrN4O3/c1-18-11-10(12(20)17-13(18)21)19-6-9(22-14(19)16-11)7-2-4-8(15)5-3-7/h2-5,9H,6H2,1H3,(H,17,20,21). The first-order chi connectivity index (χ1) is 10.5. The van der Waals surface area contributed by atoms with Crippen molar-refractivity contribution in [3.8, 4) is 6.01 Å². The Kier molecular flexibility index (Phi) is 2.77. The number of aromatic nitrogens is 4. The fourth-order valence-electron chi connectivity index (χ4n) is 2.66. The second-order valence-electron chi connectivity index (χ2n) is 5.15. The molecule has 1 aliphatic heterocycles. The highest BCUT2D eigenvalue weighted by atomic mass is 79.9. The van der Waals surface area contributed by atoms with E-state index >= 15 is 0 Å². The van der Waals surface area contributed by atoms with Crippen LogP contribution in [0.1, 0.15) is 11.7 Å². The highest BCUT2D eigenvalue weighted by Gasteiger charge is 2.29. The van der Waals surface area contributed by atoms with Gasteiger partial charge in [0, 0.05) is 11.5 Å². The number of nitrogens with zero attached hydrogens (tertiary/aromatic N) is 3. The number of H-pyrrole nitrogens is 1. The predicted molar refractivity (Wildman–Crippen MR) is 83.1 cm³/mol. The summed E-state index contributed by atoms with van der Waals surface area (Å²) in [6, 6.07) is 8.16. The van der Waals surface area contributed by atoms with Crippen molar-refractivity contribution < 1.29 is 4.74 Å². The predicted octanol–water partition coefficient (Wildman–Crippen LogP) is 1.32. The van der Waals surface area contributed by atoms with Crippen LogP contribution in [0, 0.1) is 0 Å². The molecule has 7 nitrogen and oxygen atoms in total. The van der Waals surface area contributed by atoms with Crippen molar-refractivity contribution in [2.75, 3.05) is 0 Å². The maximum Gasteiger partial charge on any atom is 0.329 e. The van der Waals surface area contributed by atoms with Crippen LogP contribution >= 0.6 is 15.9 Å². The third-order valence-corrected chi connectivity index (χ3v) is 4.34. The molecule has 0 aliphatic carbocycles. The molecule has 0 saturated carbocycles. The summed E-state index contributed by atoms with van der Waals surface area (Å²) in [6.07, 6.45) is -0.198. The Bertz CT molecular complexity index is 1000. The van der Waals surface area contributed by atoms with Gasteiger partial charge in [0.15, 0.2) is 11.2 Å². The minimum absolute atomic E-state index is 0.198. The first-order valence-corrected chi connectivity index (χ1v) is 7.45. The average Bonchev–Trinajstić information content (AvgIpc) is 3.03. The maximum atomic E-state index is 12.1. The van der Waals surface area contributed by atoms with Crippen molar-refractivity contribution in [3.63, 3.8) is 0 Å². The van der Waals surface area contributed by atoms with Gasteiger partial charge in [-0.15, -0.1) is 0 Å². The molecule has 3 heterocycles. The van der Waals surface area contributed by atoms with Crippen molar-refractivity contribution in [1.29, 1.82) is 0 Å². The number of hydrogen-bond donors (Lipinski definition) is 1. The fraction of sp³-hybridized carbons (Fsp3) is 0.214. The van der Waals surface area contributed by atoms with Crippen LogP contribution in [0.15, 0.2) is 38.3 Å². The fourth-order valence-corrected chi connectivity index (χ4v) is 2.92. The molecule has 1 unspecified atom stereocenters. The van der Waals surface area contributed by atoms with Crippen molar-refractivity contribution >= 4 is 27.1 Å². The summed E-state index contributed by atoms with van der Waals surface area (Å²) in [7, 11) is 1.57. The molecular formula is C14H11BrN4O3. The van der Waals surface area contributed by atoms with Crippen LogP contribution in [0.25, 0.3) is 11.2 Å². The second kappa shape index (κ2) is 4.57. The van der Waals surface area contributed by atoms with Gasteiger partial charge in [0.1, 0.15) is 6.10 Å². The lowest BCUT2D eigenvalue weighted by molar-refractivity contribution is 0.230. The minimum atomic E-state index is -0.487. The minimum Gasteiger partial charge on any atom is -0.454 e. The summed E-state index contributed by atoms with van der Waals surface area (Å²) in [4.78, 5) is 30.3. The molecular weight excluding hydrogens is 352 g/mol. The molecule has 0 fully saturated rings. The first kappa shape index (κ1) is 13.3. The number of nitrogens with one attached hydrogen (secondary N) is 1. The average molecular weight is 363 g/mol. The van der Waals surface area contributed by atoms with Gasteiger partial charge in [0.25, 0.3) is 11.6 Å². The van der Waals surface area contributed by atoms with Gasteiger partial charge in [-0.3, -0.25) is 18.9 Å². The van der Waals surface area contributed by atoms with Gasteiger partial charge in [0.2, 0.25) is 0 Å². The van der Waals surface area contributed by atoms with Crippen LogP contribution in [0.5, 0.6) is 6.01 Å². The number of aromatic amines is 1. The molecule has 112 valence electrons. The Morgan fingerprint density at radius 1 is 1.32 bits per heavy atom. The molecule has 8 heteroatoms. The van der Waals surface area contributed by atoms with E-state index in [2.05, 4.69) is 25.9 Å². The molecule has 1 atom stereocenters. The van der Waals surface area contributed by atoms with Crippen LogP contribution < -0.4 is 16.0 Å². The van der Waals surface area contributed by atoms with Crippen LogP contribution in [-0.2, 0) is 13.6 Å². The summed E-state index contributed by atoms with van der Waals surface area (Å²) in [5.41, 5.74) is 0.758. The normalized spacial score (nSPS) is 16.7. The van der Waals surface area contributed by atoms with E-state index in [0.717, 1.165) is 10.0 Å². The molecule has 1 aliphatic rings. The van der Waals surface area contributed by atoms with Crippen molar-refractivity contribution in [2.45, 2.75) is 12.6 Å². The smallest absolute Gasteiger partial charge is 0.329 e. The third-order valence-electron chi connectivity index (χ3n) is 3.81. The molecule has 0 bridgehead atoms. The molecule has 1 N–H and O–H groups in total. The Morgan fingerprint density at radius 2 is 2.05 bits per heavy atom. The van der Waals surface area contributed by atoms with Crippen LogP contribution in [0.3, 0.4) is 0 Å². The summed E-state index contributed by atoms with van der Waals surface area (Å²) in [6.45, 7) is 0.481. The van der Waals surface area contributed by atoms with E-state index in [1.165, 1.54) is 4.57 Å². The van der Waals surface area contributed by atoms with Gasteiger partial charge in [-0.2, -0.15) is 4.98 Å². The number of ether oxygens (including phenoxy) is 1. The lowest BCUT2D eigenvalue weighted by Crippen LogP contribution is -2.29. The summed E-state index contributed by atoms with van der Waals surface area (Å²) in [5.74, 6) is 0. The first-order valence-electron chi connectivity index (χ1n) is 6.66. The Balaban J connectivity index is 1.82. The molecule has 1 aromatic carbocycles. The van der Waals surface area contributed by atoms with Gasteiger partial charge in [0.05, 0.1) is 6.54 Å². The molecule has 0 saturated heterocycles. The van der Waals surface area contributed by atoms with Crippen molar-refractivity contribution in [3.05, 3.63) is 55.1 Å². The number of rotatable bonds is 1. The van der Waals surface area contributed by atoms with Gasteiger partial charge < -0.3 is 4.74 Å². The van der Waals surface area contributed by atoms with Crippen molar-refractivity contribution in [1.82, 2.24) is 19.1 Å². The third kappa shape index (κ3) is 1.83. The quantitative estimate of drug-likeness (QED) is 0.707. The summed E-state index contributed by atoms with van der Waals surface area (Å²) in [5, 5.41) is 0. The zero-order valence-electron chi connectivity index (χ0n) is 11.5. The molecule has 2 aromatic heterocycles. The lowest BCUT2D eigenvalue weighted by atomic mass is 10.1. The molecule has 3 aromatic rings. The van der Waals surface area contributed by atoms with Crippen LogP contribution in [0.4, 0.5) is 0 Å². The van der Waals surface area contributed by atoms with Crippen LogP contribution in [-0.4, -0.2) is 19.1 Å². The number of imidazole rings is 1. The van der Waals surface area contributed by atoms with Gasteiger partial charge >= 0.3 is 5.69 Å². The Morgan fingerprint density at radius 3 is 2.77 bits per heavy atom. The maximum absolute atomic E-state index is 12.1. The van der Waals surface area contributed by atoms with Gasteiger partial charge in [-0.25, -0.2) is 4.79 Å². The second-order valence-corrected chi connectivity index (χ2v) is 6.07. The van der Waals surface area contributed by atoms with E-state index in [9.17, 15) is 9.59 Å². The van der Waals surface area contributed by atoms with E-state index in [1.54, 1.807) is 11.6 Å².